The fourth-order valence-corrected chi connectivity index (χ4v) is 6.41. The number of amides is 1. The largest absolute Gasteiger partial charge is 0.573 e. The number of alkyl halides is 3. The Balaban J connectivity index is 1.68. The Hall–Kier alpha value is -3.41. The fraction of sp³-hybridized carbons (Fsp3) is 0.500. The van der Waals surface area contributed by atoms with Gasteiger partial charge in [-0.3, -0.25) is 4.79 Å². The minimum absolute atomic E-state index is 0.0371. The van der Waals surface area contributed by atoms with Crippen LogP contribution in [0.4, 0.5) is 27.6 Å². The number of halogens is 5. The molecule has 12 heteroatoms. The van der Waals surface area contributed by atoms with Crippen LogP contribution in [0.15, 0.2) is 12.1 Å². The molecule has 1 saturated heterocycles. The van der Waals surface area contributed by atoms with Crippen LogP contribution in [0.25, 0.3) is 22.2 Å². The number of ether oxygens (including phenoxy) is 1. The molecule has 214 valence electrons. The minimum atomic E-state index is -5.22. The Labute approximate surface area is 227 Å². The predicted molar refractivity (Wildman–Crippen MR) is 139 cm³/mol. The van der Waals surface area contributed by atoms with Crippen LogP contribution < -0.4 is 21.1 Å². The van der Waals surface area contributed by atoms with Gasteiger partial charge in [-0.1, -0.05) is 13.8 Å². The first-order valence-corrected chi connectivity index (χ1v) is 13.4. The van der Waals surface area contributed by atoms with Crippen LogP contribution in [0, 0.1) is 23.5 Å². The van der Waals surface area contributed by atoms with E-state index in [9.17, 15) is 22.4 Å². The Bertz CT molecular complexity index is 1520. The zero-order chi connectivity index (χ0) is 28.7. The maximum absolute atomic E-state index is 16.8. The molecule has 2 atom stereocenters. The van der Waals surface area contributed by atoms with Gasteiger partial charge in [-0.15, -0.1) is 13.2 Å². The molecule has 0 spiro atoms. The normalized spacial score (nSPS) is 22.2. The number of hydrogen-bond donors (Lipinski definition) is 3. The first kappa shape index (κ1) is 26.8. The Morgan fingerprint density at radius 2 is 1.90 bits per heavy atom. The third-order valence-electron chi connectivity index (χ3n) is 8.18. The molecule has 7 nitrogen and oxygen atoms in total. The van der Waals surface area contributed by atoms with Gasteiger partial charge in [0.25, 0.3) is 0 Å². The molecule has 2 aromatic heterocycles. The minimum Gasteiger partial charge on any atom is -0.402 e. The van der Waals surface area contributed by atoms with Gasteiger partial charge in [-0.25, -0.2) is 13.8 Å². The first-order valence-electron chi connectivity index (χ1n) is 13.4. The molecule has 3 aromatic rings. The molecular formula is C28H30F5N5O2. The fourth-order valence-electron chi connectivity index (χ4n) is 6.41. The number of nitrogens with zero attached hydrogens (tertiary/aromatic N) is 2. The number of benzene rings is 1. The van der Waals surface area contributed by atoms with E-state index in [0.717, 1.165) is 43.3 Å². The summed E-state index contributed by atoms with van der Waals surface area (Å²) in [5.41, 5.74) is 7.06. The molecule has 2 saturated carbocycles. The standard InChI is InChI=1S/C28H30F5N5O2/c1-11(2)24-22-21(20-16-8-35-9-17(16)20)19(10-36-12(3)39)38(14-4-5-14)26(22)23(30)25(37-24)15-6-13(34)7-18(29)27(15)40-28(31,32)33/h6-7,11,14,16-17,20,35H,4-5,8-10,34H2,1-3H3,(H,36,39). The Morgan fingerprint density at radius 3 is 2.48 bits per heavy atom. The number of pyridine rings is 1. The van der Waals surface area contributed by atoms with Crippen LogP contribution in [0.2, 0.25) is 0 Å². The zero-order valence-electron chi connectivity index (χ0n) is 22.3. The van der Waals surface area contributed by atoms with Gasteiger partial charge in [0.1, 0.15) is 5.69 Å². The smallest absolute Gasteiger partial charge is 0.402 e. The summed E-state index contributed by atoms with van der Waals surface area (Å²) < 4.78 is 77.4. The molecule has 3 heterocycles. The first-order chi connectivity index (χ1) is 18.9. The van der Waals surface area contributed by atoms with Gasteiger partial charge in [0, 0.05) is 35.8 Å². The molecule has 0 bridgehead atoms. The maximum atomic E-state index is 16.8. The van der Waals surface area contributed by atoms with E-state index >= 15 is 4.39 Å². The maximum Gasteiger partial charge on any atom is 0.573 e. The molecule has 2 aliphatic carbocycles. The molecule has 1 amide bonds. The molecule has 1 aromatic carbocycles. The van der Waals surface area contributed by atoms with Crippen LogP contribution in [0.3, 0.4) is 0 Å². The van der Waals surface area contributed by atoms with E-state index in [1.54, 1.807) is 0 Å². The van der Waals surface area contributed by atoms with Gasteiger partial charge in [-0.2, -0.15) is 0 Å². The third-order valence-corrected chi connectivity index (χ3v) is 8.18. The summed E-state index contributed by atoms with van der Waals surface area (Å²) in [4.78, 5) is 16.5. The number of anilines is 1. The number of nitrogen functional groups attached to an aromatic ring is 1. The van der Waals surface area contributed by atoms with Crippen molar-refractivity contribution in [1.82, 2.24) is 20.2 Å². The van der Waals surface area contributed by atoms with E-state index in [1.165, 1.54) is 6.92 Å². The molecule has 2 unspecified atom stereocenters. The molecule has 4 N–H and O–H groups in total. The van der Waals surface area contributed by atoms with Gasteiger partial charge in [0.2, 0.25) is 5.91 Å². The number of piperidine rings is 1. The average Bonchev–Trinajstić information content (AvgIpc) is 3.73. The third kappa shape index (κ3) is 4.46. The van der Waals surface area contributed by atoms with Gasteiger partial charge in [0.05, 0.1) is 23.3 Å². The lowest BCUT2D eigenvalue weighted by Crippen LogP contribution is -2.22. The number of nitrogens with one attached hydrogen (secondary N) is 2. The number of nitrogens with two attached hydrogens (primary N) is 1. The summed E-state index contributed by atoms with van der Waals surface area (Å²) in [5, 5.41) is 6.88. The highest BCUT2D eigenvalue weighted by molar-refractivity contribution is 5.94. The molecule has 3 aliphatic rings. The quantitative estimate of drug-likeness (QED) is 0.261. The van der Waals surface area contributed by atoms with E-state index in [0.29, 0.717) is 29.0 Å². The number of fused-ring (bicyclic) bond motifs is 2. The summed E-state index contributed by atoms with van der Waals surface area (Å²) in [6.07, 6.45) is -3.64. The highest BCUT2D eigenvalue weighted by Gasteiger charge is 2.56. The second-order valence-electron chi connectivity index (χ2n) is 11.3. The molecular weight excluding hydrogens is 533 g/mol. The van der Waals surface area contributed by atoms with E-state index < -0.39 is 35.0 Å². The van der Waals surface area contributed by atoms with Crippen LogP contribution in [-0.2, 0) is 11.3 Å². The average molecular weight is 564 g/mol. The van der Waals surface area contributed by atoms with Crippen molar-refractivity contribution in [3.63, 3.8) is 0 Å². The topological polar surface area (TPSA) is 94.2 Å². The second kappa shape index (κ2) is 9.32. The summed E-state index contributed by atoms with van der Waals surface area (Å²) in [6, 6.07) is 1.71. The summed E-state index contributed by atoms with van der Waals surface area (Å²) in [5.74, 6) is -3.04. The van der Waals surface area contributed by atoms with Crippen molar-refractivity contribution in [2.24, 2.45) is 11.8 Å². The monoisotopic (exact) mass is 563 g/mol. The van der Waals surface area contributed by atoms with Crippen molar-refractivity contribution >= 4 is 22.5 Å². The van der Waals surface area contributed by atoms with Crippen molar-refractivity contribution in [1.29, 1.82) is 0 Å². The number of carbonyl (C=O) groups excluding carboxylic acids is 1. The van der Waals surface area contributed by atoms with Gasteiger partial charge >= 0.3 is 6.36 Å². The van der Waals surface area contributed by atoms with Crippen LogP contribution >= 0.6 is 0 Å². The number of aromatic nitrogens is 2. The lowest BCUT2D eigenvalue weighted by Gasteiger charge is -2.18. The second-order valence-corrected chi connectivity index (χ2v) is 11.3. The predicted octanol–water partition coefficient (Wildman–Crippen LogP) is 5.49. The zero-order valence-corrected chi connectivity index (χ0v) is 22.3. The summed E-state index contributed by atoms with van der Waals surface area (Å²) in [7, 11) is 0. The number of carbonyl (C=O) groups is 1. The van der Waals surface area contributed by atoms with Gasteiger partial charge in [0.15, 0.2) is 17.4 Å². The Kier molecular flexibility index (Phi) is 6.24. The molecule has 3 fully saturated rings. The van der Waals surface area contributed by atoms with Crippen molar-refractivity contribution < 1.29 is 31.5 Å². The lowest BCUT2D eigenvalue weighted by molar-refractivity contribution is -0.275. The van der Waals surface area contributed by atoms with Gasteiger partial charge < -0.3 is 25.7 Å². The van der Waals surface area contributed by atoms with Crippen molar-refractivity contribution in [2.75, 3.05) is 18.8 Å². The van der Waals surface area contributed by atoms with Crippen LogP contribution in [0.1, 0.15) is 68.4 Å². The van der Waals surface area contributed by atoms with Gasteiger partial charge in [-0.05, 0) is 61.2 Å². The summed E-state index contributed by atoms with van der Waals surface area (Å²) in [6.45, 7) is 7.00. The van der Waals surface area contributed by atoms with Crippen molar-refractivity contribution in [3.05, 3.63) is 40.7 Å². The highest BCUT2D eigenvalue weighted by Crippen LogP contribution is 2.60. The van der Waals surface area contributed by atoms with Crippen LogP contribution in [-0.4, -0.2) is 34.9 Å². The molecule has 0 radical (unpaired) electrons. The highest BCUT2D eigenvalue weighted by atomic mass is 19.4. The van der Waals surface area contributed by atoms with Crippen molar-refractivity contribution in [3.8, 4) is 17.0 Å². The van der Waals surface area contributed by atoms with E-state index in [2.05, 4.69) is 20.4 Å². The number of rotatable bonds is 7. The molecule has 1 aliphatic heterocycles. The SMILES string of the molecule is CC(=O)NCc1c(C2C3CNCC32)c2c(C(C)C)nc(-c3cc(N)cc(F)c3OC(F)(F)F)c(F)c2n1C1CC1. The van der Waals surface area contributed by atoms with E-state index in [-0.39, 0.29) is 41.5 Å². The molecule has 40 heavy (non-hydrogen) atoms. The Morgan fingerprint density at radius 1 is 1.23 bits per heavy atom. The van der Waals surface area contributed by atoms with Crippen molar-refractivity contribution in [2.45, 2.75) is 64.4 Å². The lowest BCUT2D eigenvalue weighted by atomic mass is 9.95. The van der Waals surface area contributed by atoms with Crippen LogP contribution in [0.5, 0.6) is 5.75 Å². The number of hydrogen-bond acceptors (Lipinski definition) is 5. The van der Waals surface area contributed by atoms with E-state index in [1.807, 2.05) is 18.4 Å². The summed E-state index contributed by atoms with van der Waals surface area (Å²) >= 11 is 0. The molecule has 6 rings (SSSR count). The van der Waals surface area contributed by atoms with E-state index in [4.69, 9.17) is 5.73 Å².